The van der Waals surface area contributed by atoms with Crippen molar-refractivity contribution >= 4 is 23.2 Å². The summed E-state index contributed by atoms with van der Waals surface area (Å²) in [4.78, 5) is 0. The van der Waals surface area contributed by atoms with Crippen LogP contribution in [-0.4, -0.2) is 18.2 Å². The summed E-state index contributed by atoms with van der Waals surface area (Å²) in [6.07, 6.45) is 4.17. The summed E-state index contributed by atoms with van der Waals surface area (Å²) in [5.74, 6) is 0.779. The molecular weight excluding hydrogens is 282 g/mol. The monoisotopic (exact) mass is 305 g/mol. The topological polar surface area (TPSA) is 32.3 Å². The Morgan fingerprint density at radius 1 is 1.05 bits per heavy atom. The molecule has 0 saturated carbocycles. The number of rotatable bonds is 4. The van der Waals surface area contributed by atoms with Gasteiger partial charge in [-0.3, -0.25) is 0 Å². The van der Waals surface area contributed by atoms with E-state index in [0.717, 1.165) is 37.4 Å². The quantitative estimate of drug-likeness (QED) is 0.892. The van der Waals surface area contributed by atoms with Crippen LogP contribution in [0, 0.1) is 5.92 Å². The molecule has 0 radical (unpaired) electrons. The number of halogens is 1. The summed E-state index contributed by atoms with van der Waals surface area (Å²) in [7, 11) is 0. The lowest BCUT2D eigenvalue weighted by Crippen LogP contribution is -2.27. The van der Waals surface area contributed by atoms with Gasteiger partial charge in [0.1, 0.15) is 0 Å². The number of aliphatic hydroxyl groups excluding tert-OH is 1. The van der Waals surface area contributed by atoms with Gasteiger partial charge in [0.15, 0.2) is 0 Å². The van der Waals surface area contributed by atoms with Crippen LogP contribution in [0.4, 0.5) is 0 Å². The molecule has 114 valence electrons. The zero-order valence-corrected chi connectivity index (χ0v) is 13.1. The summed E-state index contributed by atoms with van der Waals surface area (Å²) >= 11 is 0. The highest BCUT2D eigenvalue weighted by atomic mass is 35.5. The van der Waals surface area contributed by atoms with Crippen LogP contribution in [0.25, 0.3) is 10.8 Å². The van der Waals surface area contributed by atoms with Crippen molar-refractivity contribution in [1.82, 2.24) is 5.32 Å². The van der Waals surface area contributed by atoms with E-state index in [1.807, 2.05) is 18.2 Å². The van der Waals surface area contributed by atoms with E-state index in [2.05, 4.69) is 29.6 Å². The summed E-state index contributed by atoms with van der Waals surface area (Å²) in [6.45, 7) is 2.27. The highest BCUT2D eigenvalue weighted by molar-refractivity contribution is 5.86. The average molecular weight is 306 g/mol. The molecule has 0 spiro atoms. The van der Waals surface area contributed by atoms with E-state index in [9.17, 15) is 5.11 Å². The minimum absolute atomic E-state index is 0. The molecule has 1 atom stereocenters. The second kappa shape index (κ2) is 7.79. The van der Waals surface area contributed by atoms with E-state index < -0.39 is 0 Å². The standard InChI is InChI=1S/C18H23NO.ClH/c20-18(9-8-14-10-12-19-13-11-14)17-7-3-5-15-4-1-2-6-16(15)17;/h1-7,14,18-20H,8-13H2;1H. The van der Waals surface area contributed by atoms with Crippen molar-refractivity contribution in [3.8, 4) is 0 Å². The van der Waals surface area contributed by atoms with Crippen LogP contribution in [0.15, 0.2) is 42.5 Å². The second-order valence-electron chi connectivity index (χ2n) is 5.85. The molecule has 1 unspecified atom stereocenters. The SMILES string of the molecule is Cl.OC(CCC1CCNCC1)c1cccc2ccccc12. The average Bonchev–Trinajstić information content (AvgIpc) is 2.53. The van der Waals surface area contributed by atoms with Crippen LogP contribution in [0.2, 0.25) is 0 Å². The van der Waals surface area contributed by atoms with Crippen molar-refractivity contribution in [2.75, 3.05) is 13.1 Å². The fourth-order valence-corrected chi connectivity index (χ4v) is 3.26. The Morgan fingerprint density at radius 2 is 1.76 bits per heavy atom. The van der Waals surface area contributed by atoms with Crippen LogP contribution >= 0.6 is 12.4 Å². The maximum absolute atomic E-state index is 10.5. The lowest BCUT2D eigenvalue weighted by molar-refractivity contribution is 0.154. The van der Waals surface area contributed by atoms with Crippen molar-refractivity contribution in [2.24, 2.45) is 5.92 Å². The Kier molecular flexibility index (Phi) is 6.04. The van der Waals surface area contributed by atoms with Crippen LogP contribution < -0.4 is 5.32 Å². The molecule has 1 aliphatic heterocycles. The lowest BCUT2D eigenvalue weighted by atomic mass is 9.89. The third-order valence-corrected chi connectivity index (χ3v) is 4.49. The minimum Gasteiger partial charge on any atom is -0.388 e. The second-order valence-corrected chi connectivity index (χ2v) is 5.85. The molecule has 1 heterocycles. The molecule has 0 amide bonds. The fraction of sp³-hybridized carbons (Fsp3) is 0.444. The number of benzene rings is 2. The van der Waals surface area contributed by atoms with Gasteiger partial charge >= 0.3 is 0 Å². The number of nitrogens with one attached hydrogen (secondary N) is 1. The van der Waals surface area contributed by atoms with E-state index in [1.165, 1.54) is 23.6 Å². The minimum atomic E-state index is -0.337. The van der Waals surface area contributed by atoms with Gasteiger partial charge in [-0.15, -0.1) is 12.4 Å². The molecule has 1 aliphatic rings. The van der Waals surface area contributed by atoms with Gasteiger partial charge in [-0.1, -0.05) is 42.5 Å². The van der Waals surface area contributed by atoms with E-state index in [-0.39, 0.29) is 18.5 Å². The summed E-state index contributed by atoms with van der Waals surface area (Å²) in [5, 5.41) is 16.3. The first kappa shape index (κ1) is 16.3. The molecule has 3 rings (SSSR count). The lowest BCUT2D eigenvalue weighted by Gasteiger charge is -2.24. The molecule has 2 N–H and O–H groups in total. The maximum atomic E-state index is 10.5. The summed E-state index contributed by atoms with van der Waals surface area (Å²) < 4.78 is 0. The molecule has 0 aromatic heterocycles. The van der Waals surface area contributed by atoms with E-state index >= 15 is 0 Å². The van der Waals surface area contributed by atoms with Crippen LogP contribution in [0.3, 0.4) is 0 Å². The first-order valence-electron chi connectivity index (χ1n) is 7.71. The van der Waals surface area contributed by atoms with Gasteiger partial charge < -0.3 is 10.4 Å². The van der Waals surface area contributed by atoms with Gasteiger partial charge in [-0.25, -0.2) is 0 Å². The van der Waals surface area contributed by atoms with E-state index in [4.69, 9.17) is 0 Å². The third-order valence-electron chi connectivity index (χ3n) is 4.49. The Bertz CT molecular complexity index is 561. The number of fused-ring (bicyclic) bond motifs is 1. The summed E-state index contributed by atoms with van der Waals surface area (Å²) in [5.41, 5.74) is 1.08. The maximum Gasteiger partial charge on any atom is 0.0796 e. The smallest absolute Gasteiger partial charge is 0.0796 e. The highest BCUT2D eigenvalue weighted by Gasteiger charge is 2.16. The van der Waals surface area contributed by atoms with Crippen molar-refractivity contribution in [3.63, 3.8) is 0 Å². The molecule has 21 heavy (non-hydrogen) atoms. The van der Waals surface area contributed by atoms with E-state index in [0.29, 0.717) is 0 Å². The first-order chi connectivity index (χ1) is 9.84. The zero-order chi connectivity index (χ0) is 13.8. The molecule has 1 fully saturated rings. The van der Waals surface area contributed by atoms with Crippen molar-refractivity contribution in [2.45, 2.75) is 31.8 Å². The Balaban J connectivity index is 0.00000161. The summed E-state index contributed by atoms with van der Waals surface area (Å²) in [6, 6.07) is 14.5. The Morgan fingerprint density at radius 3 is 2.57 bits per heavy atom. The van der Waals surface area contributed by atoms with Gasteiger partial charge in [-0.2, -0.15) is 0 Å². The van der Waals surface area contributed by atoms with Crippen LogP contribution in [0.1, 0.15) is 37.4 Å². The van der Waals surface area contributed by atoms with E-state index in [1.54, 1.807) is 0 Å². The third kappa shape index (κ3) is 3.97. The number of piperidine rings is 1. The number of hydrogen-bond acceptors (Lipinski definition) is 2. The van der Waals surface area contributed by atoms with Gasteiger partial charge in [0, 0.05) is 0 Å². The van der Waals surface area contributed by atoms with Crippen LogP contribution in [-0.2, 0) is 0 Å². The van der Waals surface area contributed by atoms with Crippen molar-refractivity contribution in [3.05, 3.63) is 48.0 Å². The Hall–Kier alpha value is -1.09. The zero-order valence-electron chi connectivity index (χ0n) is 12.3. The normalized spacial score (nSPS) is 17.4. The molecule has 2 aromatic carbocycles. The number of aliphatic hydroxyl groups is 1. The molecule has 0 bridgehead atoms. The molecule has 2 nitrogen and oxygen atoms in total. The van der Waals surface area contributed by atoms with Crippen molar-refractivity contribution < 1.29 is 5.11 Å². The Labute approximate surface area is 133 Å². The van der Waals surface area contributed by atoms with Crippen LogP contribution in [0.5, 0.6) is 0 Å². The molecule has 0 aliphatic carbocycles. The van der Waals surface area contributed by atoms with Gasteiger partial charge in [0.05, 0.1) is 6.10 Å². The van der Waals surface area contributed by atoms with Gasteiger partial charge in [0.25, 0.3) is 0 Å². The fourth-order valence-electron chi connectivity index (χ4n) is 3.26. The van der Waals surface area contributed by atoms with Gasteiger partial charge in [0.2, 0.25) is 0 Å². The predicted octanol–water partition coefficient (Wildman–Crippen LogP) is 4.07. The number of hydrogen-bond donors (Lipinski definition) is 2. The molecule has 3 heteroatoms. The van der Waals surface area contributed by atoms with Gasteiger partial charge in [-0.05, 0) is 61.0 Å². The van der Waals surface area contributed by atoms with Crippen molar-refractivity contribution in [1.29, 1.82) is 0 Å². The molecule has 2 aromatic rings. The highest BCUT2D eigenvalue weighted by Crippen LogP contribution is 2.29. The molecule has 1 saturated heterocycles. The largest absolute Gasteiger partial charge is 0.388 e. The molecular formula is C18H24ClNO. The first-order valence-corrected chi connectivity index (χ1v) is 7.71. The predicted molar refractivity (Wildman–Crippen MR) is 91.0 cm³/mol.